The van der Waals surface area contributed by atoms with Crippen molar-refractivity contribution in [3.63, 3.8) is 0 Å². The summed E-state index contributed by atoms with van der Waals surface area (Å²) in [5, 5.41) is 0.391. The van der Waals surface area contributed by atoms with Crippen molar-refractivity contribution in [1.29, 1.82) is 0 Å². The van der Waals surface area contributed by atoms with Crippen molar-refractivity contribution >= 4 is 28.5 Å². The van der Waals surface area contributed by atoms with E-state index in [2.05, 4.69) is 4.98 Å². The molecule has 5 rings (SSSR count). The third kappa shape index (κ3) is 5.17. The Kier molecular flexibility index (Phi) is 6.99. The predicted molar refractivity (Wildman–Crippen MR) is 131 cm³/mol. The molecule has 1 atom stereocenters. The molecule has 4 heterocycles. The van der Waals surface area contributed by atoms with Gasteiger partial charge in [-0.25, -0.2) is 9.37 Å². The lowest BCUT2D eigenvalue weighted by atomic mass is 9.89. The SMILES string of the molecule is Nc1cc(C(=O)N2CCC(c3cn(CC(=O)N4CCO[C@@H](C(F)(F)F)C4)c4cccc(F)c34)CC2)ccn1. The molecule has 2 aliphatic heterocycles. The number of hydrogen-bond donors (Lipinski definition) is 1. The van der Waals surface area contributed by atoms with Gasteiger partial charge in [0.2, 0.25) is 5.91 Å². The van der Waals surface area contributed by atoms with Gasteiger partial charge in [-0.15, -0.1) is 0 Å². The van der Waals surface area contributed by atoms with Crippen LogP contribution in [0.15, 0.2) is 42.7 Å². The first kappa shape index (κ1) is 26.0. The first-order chi connectivity index (χ1) is 18.1. The molecule has 2 fully saturated rings. The summed E-state index contributed by atoms with van der Waals surface area (Å²) in [5.74, 6) is -0.880. The van der Waals surface area contributed by atoms with Crippen LogP contribution < -0.4 is 5.73 Å². The number of carbonyl (C=O) groups excluding carboxylic acids is 2. The zero-order valence-electron chi connectivity index (χ0n) is 20.5. The predicted octanol–water partition coefficient (Wildman–Crippen LogP) is 3.57. The lowest BCUT2D eigenvalue weighted by Gasteiger charge is -2.34. The number of anilines is 1. The average molecular weight is 534 g/mol. The van der Waals surface area contributed by atoms with E-state index >= 15 is 4.39 Å². The second-order valence-electron chi connectivity index (χ2n) is 9.62. The molecule has 0 saturated carbocycles. The molecule has 3 aromatic rings. The van der Waals surface area contributed by atoms with Gasteiger partial charge in [-0.05, 0) is 48.6 Å². The van der Waals surface area contributed by atoms with Crippen molar-refractivity contribution in [2.45, 2.75) is 37.6 Å². The number of pyridine rings is 1. The number of amides is 2. The van der Waals surface area contributed by atoms with Crippen molar-refractivity contribution in [3.05, 3.63) is 59.7 Å². The molecule has 0 radical (unpaired) electrons. The minimum atomic E-state index is -4.56. The summed E-state index contributed by atoms with van der Waals surface area (Å²) in [6.45, 7) is -0.0203. The summed E-state index contributed by atoms with van der Waals surface area (Å²) in [6.07, 6.45) is -2.20. The Hall–Kier alpha value is -3.67. The molecule has 0 bridgehead atoms. The molecule has 0 spiro atoms. The topological polar surface area (TPSA) is 93.7 Å². The second-order valence-corrected chi connectivity index (χ2v) is 9.62. The summed E-state index contributed by atoms with van der Waals surface area (Å²) < 4.78 is 60.8. The first-order valence-electron chi connectivity index (χ1n) is 12.4. The van der Waals surface area contributed by atoms with Gasteiger partial charge in [0.25, 0.3) is 5.91 Å². The number of morpholine rings is 1. The molecule has 2 N–H and O–H groups in total. The Bertz CT molecular complexity index is 1350. The van der Waals surface area contributed by atoms with Crippen LogP contribution in [0.5, 0.6) is 0 Å². The maximum Gasteiger partial charge on any atom is 0.416 e. The molecule has 2 saturated heterocycles. The third-order valence-corrected chi connectivity index (χ3v) is 7.22. The molecule has 8 nitrogen and oxygen atoms in total. The third-order valence-electron chi connectivity index (χ3n) is 7.22. The van der Waals surface area contributed by atoms with E-state index in [1.165, 1.54) is 18.3 Å². The highest BCUT2D eigenvalue weighted by atomic mass is 19.4. The molecule has 2 amide bonds. The normalized spacial score (nSPS) is 19.2. The minimum absolute atomic E-state index is 0.0570. The van der Waals surface area contributed by atoms with Crippen LogP contribution >= 0.6 is 0 Å². The molecule has 2 aromatic heterocycles. The summed E-state index contributed by atoms with van der Waals surface area (Å²) in [5.41, 5.74) is 7.37. The Morgan fingerprint density at radius 1 is 1.11 bits per heavy atom. The number of halogens is 4. The number of piperidine rings is 1. The number of fused-ring (bicyclic) bond motifs is 1. The molecule has 2 aliphatic rings. The van der Waals surface area contributed by atoms with Crippen molar-refractivity contribution in [2.75, 3.05) is 38.5 Å². The van der Waals surface area contributed by atoms with Crippen molar-refractivity contribution in [1.82, 2.24) is 19.4 Å². The highest BCUT2D eigenvalue weighted by Crippen LogP contribution is 2.36. The molecule has 12 heteroatoms. The second kappa shape index (κ2) is 10.2. The summed E-state index contributed by atoms with van der Waals surface area (Å²) in [7, 11) is 0. The number of carbonyl (C=O) groups is 2. The van der Waals surface area contributed by atoms with Crippen LogP contribution in [-0.4, -0.2) is 76.2 Å². The summed E-state index contributed by atoms with van der Waals surface area (Å²) in [6, 6.07) is 7.72. The number of nitrogen functional groups attached to an aromatic ring is 1. The van der Waals surface area contributed by atoms with E-state index in [0.29, 0.717) is 42.4 Å². The smallest absolute Gasteiger partial charge is 0.384 e. The van der Waals surface area contributed by atoms with Gasteiger partial charge in [-0.3, -0.25) is 9.59 Å². The van der Waals surface area contributed by atoms with Crippen LogP contribution in [0.2, 0.25) is 0 Å². The molecule has 1 aromatic carbocycles. The molecule has 0 aliphatic carbocycles. The first-order valence-corrected chi connectivity index (χ1v) is 12.4. The molecule has 0 unspecified atom stereocenters. The minimum Gasteiger partial charge on any atom is -0.384 e. The Balaban J connectivity index is 1.33. The monoisotopic (exact) mass is 533 g/mol. The van der Waals surface area contributed by atoms with Crippen LogP contribution in [0.3, 0.4) is 0 Å². The van der Waals surface area contributed by atoms with Crippen LogP contribution in [-0.2, 0) is 16.1 Å². The highest BCUT2D eigenvalue weighted by molar-refractivity contribution is 5.95. The molecular weight excluding hydrogens is 506 g/mol. The van der Waals surface area contributed by atoms with E-state index in [1.54, 1.807) is 33.9 Å². The number of ether oxygens (including phenoxy) is 1. The maximum atomic E-state index is 15.0. The zero-order chi connectivity index (χ0) is 27.0. The number of hydrogen-bond acceptors (Lipinski definition) is 5. The quantitative estimate of drug-likeness (QED) is 0.518. The average Bonchev–Trinajstić information content (AvgIpc) is 3.27. The number of likely N-dealkylation sites (tertiary alicyclic amines) is 1. The maximum absolute atomic E-state index is 15.0. The standard InChI is InChI=1S/C26H27F4N5O3/c27-19-2-1-3-20-24(19)18(13-35(20)15-23(36)34-10-11-38-21(14-34)26(28,29)30)16-5-8-33(9-6-16)25(37)17-4-7-32-22(31)12-17/h1-4,7,12-13,16,21H,5-6,8-11,14-15H2,(H2,31,32)/t21-/m1/s1. The fraction of sp³-hybridized carbons (Fsp3) is 0.423. The van der Waals surface area contributed by atoms with Crippen molar-refractivity contribution < 1.29 is 31.9 Å². The lowest BCUT2D eigenvalue weighted by molar-refractivity contribution is -0.236. The Labute approximate surface area is 215 Å². The summed E-state index contributed by atoms with van der Waals surface area (Å²) in [4.78, 5) is 32.6. The number of alkyl halides is 3. The van der Waals surface area contributed by atoms with Crippen LogP contribution in [0.25, 0.3) is 10.9 Å². The number of benzene rings is 1. The van der Waals surface area contributed by atoms with Crippen LogP contribution in [0.1, 0.15) is 34.7 Å². The van der Waals surface area contributed by atoms with Gasteiger partial charge in [0.15, 0.2) is 6.10 Å². The highest BCUT2D eigenvalue weighted by Gasteiger charge is 2.44. The van der Waals surface area contributed by atoms with Gasteiger partial charge in [0.05, 0.1) is 18.7 Å². The van der Waals surface area contributed by atoms with E-state index < -0.39 is 30.5 Å². The number of rotatable bonds is 4. The van der Waals surface area contributed by atoms with E-state index in [-0.39, 0.29) is 37.3 Å². The van der Waals surface area contributed by atoms with Crippen molar-refractivity contribution in [2.24, 2.45) is 0 Å². The molecule has 38 heavy (non-hydrogen) atoms. The largest absolute Gasteiger partial charge is 0.416 e. The van der Waals surface area contributed by atoms with Gasteiger partial charge in [-0.1, -0.05) is 6.07 Å². The fourth-order valence-corrected chi connectivity index (χ4v) is 5.26. The lowest BCUT2D eigenvalue weighted by Crippen LogP contribution is -2.51. The fourth-order valence-electron chi connectivity index (χ4n) is 5.26. The Morgan fingerprint density at radius 3 is 2.58 bits per heavy atom. The van der Waals surface area contributed by atoms with E-state index in [0.717, 1.165) is 10.5 Å². The van der Waals surface area contributed by atoms with Gasteiger partial charge in [0.1, 0.15) is 18.2 Å². The van der Waals surface area contributed by atoms with Gasteiger partial charge >= 0.3 is 6.18 Å². The van der Waals surface area contributed by atoms with Crippen molar-refractivity contribution in [3.8, 4) is 0 Å². The Morgan fingerprint density at radius 2 is 1.87 bits per heavy atom. The van der Waals surface area contributed by atoms with E-state index in [9.17, 15) is 22.8 Å². The zero-order valence-corrected chi connectivity index (χ0v) is 20.5. The number of nitrogens with two attached hydrogens (primary N) is 1. The van der Waals surface area contributed by atoms with Crippen LogP contribution in [0.4, 0.5) is 23.4 Å². The molecular formula is C26H27F4N5O3. The van der Waals surface area contributed by atoms with Gasteiger partial charge in [0, 0.05) is 43.0 Å². The number of nitrogens with zero attached hydrogens (tertiary/aromatic N) is 4. The molecule has 202 valence electrons. The van der Waals surface area contributed by atoms with Crippen LogP contribution in [0, 0.1) is 5.82 Å². The van der Waals surface area contributed by atoms with E-state index in [4.69, 9.17) is 10.5 Å². The van der Waals surface area contributed by atoms with Gasteiger partial charge in [-0.2, -0.15) is 13.2 Å². The van der Waals surface area contributed by atoms with Gasteiger partial charge < -0.3 is 24.8 Å². The summed E-state index contributed by atoms with van der Waals surface area (Å²) >= 11 is 0. The van der Waals surface area contributed by atoms with E-state index in [1.807, 2.05) is 0 Å². The number of aromatic nitrogens is 2.